The third kappa shape index (κ3) is 7.45. The first-order valence-corrected chi connectivity index (χ1v) is 12.1. The van der Waals surface area contributed by atoms with E-state index in [4.69, 9.17) is 4.74 Å². The molecule has 1 amide bonds. The molecule has 0 radical (unpaired) electrons. The SMILES string of the molecule is CCCCCc1c(/C=C/C(=O)N[C@H](C)CCCc2cccnc2)ccc2ccc(OC)cc12. The van der Waals surface area contributed by atoms with E-state index in [1.54, 1.807) is 19.4 Å². The lowest BCUT2D eigenvalue weighted by Gasteiger charge is -2.13. The summed E-state index contributed by atoms with van der Waals surface area (Å²) in [5.74, 6) is 0.812. The molecule has 0 saturated heterocycles. The molecule has 2 aromatic carbocycles. The average molecular weight is 445 g/mol. The summed E-state index contributed by atoms with van der Waals surface area (Å²) >= 11 is 0. The second kappa shape index (κ2) is 12.8. The van der Waals surface area contributed by atoms with Crippen LogP contribution in [0.5, 0.6) is 5.75 Å². The van der Waals surface area contributed by atoms with Crippen molar-refractivity contribution in [2.45, 2.75) is 64.8 Å². The predicted molar refractivity (Wildman–Crippen MR) is 138 cm³/mol. The van der Waals surface area contributed by atoms with E-state index in [-0.39, 0.29) is 11.9 Å². The van der Waals surface area contributed by atoms with Gasteiger partial charge in [0.25, 0.3) is 0 Å². The van der Waals surface area contributed by atoms with Gasteiger partial charge < -0.3 is 10.1 Å². The molecule has 1 N–H and O–H groups in total. The maximum Gasteiger partial charge on any atom is 0.244 e. The summed E-state index contributed by atoms with van der Waals surface area (Å²) in [6.07, 6.45) is 14.8. The Bertz CT molecular complexity index is 1060. The number of rotatable bonds is 12. The molecular weight excluding hydrogens is 408 g/mol. The van der Waals surface area contributed by atoms with Crippen LogP contribution >= 0.6 is 0 Å². The molecular formula is C29H36N2O2. The predicted octanol–water partition coefficient (Wildman–Crippen LogP) is 6.52. The van der Waals surface area contributed by atoms with Crippen molar-refractivity contribution in [3.63, 3.8) is 0 Å². The summed E-state index contributed by atoms with van der Waals surface area (Å²) in [6, 6.07) is 14.6. The summed E-state index contributed by atoms with van der Waals surface area (Å²) in [7, 11) is 1.70. The van der Waals surface area contributed by atoms with Crippen molar-refractivity contribution in [2.75, 3.05) is 7.11 Å². The standard InChI is InChI=1S/C29H36N2O2/c1-4-5-6-12-27-24(13-14-25-15-17-26(33-3)20-28(25)27)16-18-29(32)31-22(2)9-7-10-23-11-8-19-30-21-23/h8,11,13-22H,4-7,9-10,12H2,1-3H3,(H,31,32)/b18-16+/t22-/m1/s1. The number of hydrogen-bond donors (Lipinski definition) is 1. The van der Waals surface area contributed by atoms with Crippen molar-refractivity contribution in [1.29, 1.82) is 0 Å². The van der Waals surface area contributed by atoms with E-state index in [1.807, 2.05) is 24.4 Å². The molecule has 0 fully saturated rings. The molecule has 3 aromatic rings. The molecule has 1 heterocycles. The highest BCUT2D eigenvalue weighted by Crippen LogP contribution is 2.29. The lowest BCUT2D eigenvalue weighted by atomic mass is 9.94. The molecule has 4 heteroatoms. The van der Waals surface area contributed by atoms with Gasteiger partial charge in [0.15, 0.2) is 0 Å². The number of nitrogens with one attached hydrogen (secondary N) is 1. The summed E-state index contributed by atoms with van der Waals surface area (Å²) in [5.41, 5.74) is 3.62. The van der Waals surface area contributed by atoms with Crippen LogP contribution in [-0.4, -0.2) is 24.0 Å². The Morgan fingerprint density at radius 3 is 2.73 bits per heavy atom. The van der Waals surface area contributed by atoms with E-state index in [1.165, 1.54) is 34.7 Å². The molecule has 0 bridgehead atoms. The van der Waals surface area contributed by atoms with Gasteiger partial charge in [-0.15, -0.1) is 0 Å². The van der Waals surface area contributed by atoms with Crippen molar-refractivity contribution in [1.82, 2.24) is 10.3 Å². The smallest absolute Gasteiger partial charge is 0.244 e. The Kier molecular flexibility index (Phi) is 9.49. The van der Waals surface area contributed by atoms with Gasteiger partial charge in [-0.25, -0.2) is 0 Å². The Labute approximate surface area is 198 Å². The maximum absolute atomic E-state index is 12.6. The molecule has 1 aromatic heterocycles. The van der Waals surface area contributed by atoms with E-state index < -0.39 is 0 Å². The third-order valence-electron chi connectivity index (χ3n) is 6.04. The van der Waals surface area contributed by atoms with Crippen LogP contribution in [0.25, 0.3) is 16.8 Å². The van der Waals surface area contributed by atoms with Crippen LogP contribution in [0, 0.1) is 0 Å². The largest absolute Gasteiger partial charge is 0.497 e. The lowest BCUT2D eigenvalue weighted by molar-refractivity contribution is -0.117. The van der Waals surface area contributed by atoms with E-state index in [0.717, 1.165) is 43.4 Å². The van der Waals surface area contributed by atoms with E-state index in [9.17, 15) is 4.79 Å². The van der Waals surface area contributed by atoms with E-state index in [2.05, 4.69) is 54.5 Å². The number of unbranched alkanes of at least 4 members (excludes halogenated alkanes) is 2. The van der Waals surface area contributed by atoms with Gasteiger partial charge in [-0.1, -0.05) is 44.0 Å². The molecule has 0 aliphatic rings. The van der Waals surface area contributed by atoms with Gasteiger partial charge in [0.2, 0.25) is 5.91 Å². The van der Waals surface area contributed by atoms with Crippen LogP contribution in [0.3, 0.4) is 0 Å². The van der Waals surface area contributed by atoms with Gasteiger partial charge in [-0.3, -0.25) is 9.78 Å². The minimum atomic E-state index is -0.0471. The van der Waals surface area contributed by atoms with E-state index >= 15 is 0 Å². The molecule has 0 saturated carbocycles. The maximum atomic E-state index is 12.6. The van der Waals surface area contributed by atoms with Crippen LogP contribution in [0.15, 0.2) is 60.9 Å². The number of pyridine rings is 1. The highest BCUT2D eigenvalue weighted by atomic mass is 16.5. The first kappa shape index (κ1) is 24.5. The Morgan fingerprint density at radius 1 is 1.12 bits per heavy atom. The number of carbonyl (C=O) groups excluding carboxylic acids is 1. The lowest BCUT2D eigenvalue weighted by Crippen LogP contribution is -2.31. The fourth-order valence-corrected chi connectivity index (χ4v) is 4.18. The van der Waals surface area contributed by atoms with Crippen molar-refractivity contribution < 1.29 is 9.53 Å². The van der Waals surface area contributed by atoms with Crippen molar-refractivity contribution in [3.8, 4) is 5.75 Å². The van der Waals surface area contributed by atoms with Gasteiger partial charge in [0.1, 0.15) is 5.75 Å². The van der Waals surface area contributed by atoms with Crippen molar-refractivity contribution in [3.05, 3.63) is 77.6 Å². The van der Waals surface area contributed by atoms with Crippen LogP contribution in [0.1, 0.15) is 62.6 Å². The van der Waals surface area contributed by atoms with Gasteiger partial charge in [0, 0.05) is 24.5 Å². The molecule has 174 valence electrons. The van der Waals surface area contributed by atoms with E-state index in [0.29, 0.717) is 0 Å². The van der Waals surface area contributed by atoms with Gasteiger partial charge in [0.05, 0.1) is 7.11 Å². The number of benzene rings is 2. The fraction of sp³-hybridized carbons (Fsp3) is 0.379. The molecule has 3 rings (SSSR count). The molecule has 4 nitrogen and oxygen atoms in total. The van der Waals surface area contributed by atoms with Crippen molar-refractivity contribution >= 4 is 22.8 Å². The quantitative estimate of drug-likeness (QED) is 0.256. The van der Waals surface area contributed by atoms with Crippen molar-refractivity contribution in [2.24, 2.45) is 0 Å². The number of fused-ring (bicyclic) bond motifs is 1. The van der Waals surface area contributed by atoms with Gasteiger partial charge >= 0.3 is 0 Å². The van der Waals surface area contributed by atoms with Gasteiger partial charge in [-0.05, 0) is 90.8 Å². The molecule has 0 aliphatic carbocycles. The molecule has 1 atom stereocenters. The normalized spacial score (nSPS) is 12.2. The van der Waals surface area contributed by atoms with Crippen LogP contribution in [0.4, 0.5) is 0 Å². The summed E-state index contributed by atoms with van der Waals surface area (Å²) in [4.78, 5) is 16.7. The zero-order chi connectivity index (χ0) is 23.5. The number of methoxy groups -OCH3 is 1. The number of nitrogens with zero attached hydrogens (tertiary/aromatic N) is 1. The third-order valence-corrected chi connectivity index (χ3v) is 6.04. The topological polar surface area (TPSA) is 51.2 Å². The highest BCUT2D eigenvalue weighted by molar-refractivity contribution is 5.94. The number of hydrogen-bond acceptors (Lipinski definition) is 3. The number of aromatic nitrogens is 1. The highest BCUT2D eigenvalue weighted by Gasteiger charge is 2.09. The molecule has 33 heavy (non-hydrogen) atoms. The Morgan fingerprint density at radius 2 is 1.97 bits per heavy atom. The fourth-order valence-electron chi connectivity index (χ4n) is 4.18. The molecule has 0 unspecified atom stereocenters. The Balaban J connectivity index is 1.65. The second-order valence-electron chi connectivity index (χ2n) is 8.67. The average Bonchev–Trinajstić information content (AvgIpc) is 2.83. The minimum Gasteiger partial charge on any atom is -0.497 e. The van der Waals surface area contributed by atoms with Crippen LogP contribution in [0.2, 0.25) is 0 Å². The first-order valence-electron chi connectivity index (χ1n) is 12.1. The molecule has 0 aliphatic heterocycles. The summed E-state index contributed by atoms with van der Waals surface area (Å²) in [5, 5.41) is 5.51. The van der Waals surface area contributed by atoms with Crippen LogP contribution < -0.4 is 10.1 Å². The number of aryl methyl sites for hydroxylation is 2. The number of amides is 1. The monoisotopic (exact) mass is 444 g/mol. The number of ether oxygens (including phenoxy) is 1. The summed E-state index contributed by atoms with van der Waals surface area (Å²) in [6.45, 7) is 4.28. The van der Waals surface area contributed by atoms with Crippen LogP contribution in [-0.2, 0) is 17.6 Å². The Hall–Kier alpha value is -3.14. The second-order valence-corrected chi connectivity index (χ2v) is 8.67. The zero-order valence-corrected chi connectivity index (χ0v) is 20.1. The summed E-state index contributed by atoms with van der Waals surface area (Å²) < 4.78 is 5.46. The molecule has 0 spiro atoms. The minimum absolute atomic E-state index is 0.0471. The number of carbonyl (C=O) groups is 1. The first-order chi connectivity index (χ1) is 16.1. The zero-order valence-electron chi connectivity index (χ0n) is 20.1. The van der Waals surface area contributed by atoms with Gasteiger partial charge in [-0.2, -0.15) is 0 Å².